The van der Waals surface area contributed by atoms with Crippen LogP contribution in [-0.4, -0.2) is 31.1 Å². The summed E-state index contributed by atoms with van der Waals surface area (Å²) >= 11 is 0. The van der Waals surface area contributed by atoms with Crippen molar-refractivity contribution in [3.63, 3.8) is 0 Å². The van der Waals surface area contributed by atoms with Gasteiger partial charge in [-0.05, 0) is 51.6 Å². The second-order valence-electron chi connectivity index (χ2n) is 5.09. The molecule has 1 unspecified atom stereocenters. The number of nitrogens with zero attached hydrogens (tertiary/aromatic N) is 1. The largest absolute Gasteiger partial charge is 0.330 e. The van der Waals surface area contributed by atoms with E-state index < -0.39 is 0 Å². The molecule has 0 bridgehead atoms. The maximum Gasteiger partial charge on any atom is 0.0165 e. The van der Waals surface area contributed by atoms with E-state index in [1.807, 2.05) is 0 Å². The lowest BCUT2D eigenvalue weighted by Gasteiger charge is -2.25. The summed E-state index contributed by atoms with van der Waals surface area (Å²) in [4.78, 5) is 2.57. The third-order valence-electron chi connectivity index (χ3n) is 3.76. The van der Waals surface area contributed by atoms with E-state index in [-0.39, 0.29) is 0 Å². The average Bonchev–Trinajstić information content (AvgIpc) is 2.30. The highest BCUT2D eigenvalue weighted by atomic mass is 15.1. The van der Waals surface area contributed by atoms with Crippen LogP contribution in [0.3, 0.4) is 0 Å². The Bertz CT molecular complexity index is 211. The molecule has 2 heteroatoms. The fraction of sp³-hybridized carbons (Fsp3) is 0.857. The van der Waals surface area contributed by atoms with Crippen molar-refractivity contribution in [2.45, 2.75) is 46.0 Å². The van der Waals surface area contributed by atoms with Gasteiger partial charge in [-0.15, -0.1) is 0 Å². The predicted octanol–water partition coefficient (Wildman–Crippen LogP) is 2.79. The predicted molar refractivity (Wildman–Crippen MR) is 71.5 cm³/mol. The van der Waals surface area contributed by atoms with E-state index in [0.29, 0.717) is 0 Å². The number of hydrogen-bond acceptors (Lipinski definition) is 2. The highest BCUT2D eigenvalue weighted by Gasteiger charge is 2.10. The van der Waals surface area contributed by atoms with Crippen molar-refractivity contribution in [2.24, 2.45) is 11.7 Å². The van der Waals surface area contributed by atoms with Crippen molar-refractivity contribution >= 4 is 0 Å². The fourth-order valence-electron chi connectivity index (χ4n) is 2.41. The Hall–Kier alpha value is -0.340. The van der Waals surface area contributed by atoms with Crippen molar-refractivity contribution in [2.75, 3.05) is 26.2 Å². The van der Waals surface area contributed by atoms with E-state index in [1.165, 1.54) is 51.7 Å². The zero-order chi connectivity index (χ0) is 11.8. The number of hydrogen-bond donors (Lipinski definition) is 1. The molecule has 0 aromatic heterocycles. The molecule has 0 fully saturated rings. The van der Waals surface area contributed by atoms with Gasteiger partial charge in [-0.2, -0.15) is 0 Å². The molecule has 1 atom stereocenters. The normalized spacial score (nSPS) is 19.6. The molecule has 0 radical (unpaired) electrons. The minimum absolute atomic E-state index is 0.851. The smallest absolute Gasteiger partial charge is 0.0165 e. The van der Waals surface area contributed by atoms with Gasteiger partial charge in [-0.1, -0.05) is 25.0 Å². The van der Waals surface area contributed by atoms with Gasteiger partial charge in [-0.25, -0.2) is 0 Å². The third kappa shape index (κ3) is 5.13. The van der Waals surface area contributed by atoms with Crippen LogP contribution in [0.25, 0.3) is 0 Å². The standard InChI is InChI=1S/C14H28N2/c1-3-14(6-9-15)5-4-10-16-11-7-13(2)8-12-16/h7,14H,3-6,8-12,15H2,1-2H3. The summed E-state index contributed by atoms with van der Waals surface area (Å²) in [7, 11) is 0. The Morgan fingerprint density at radius 2 is 2.25 bits per heavy atom. The highest BCUT2D eigenvalue weighted by molar-refractivity contribution is 5.03. The van der Waals surface area contributed by atoms with Gasteiger partial charge in [-0.3, -0.25) is 4.90 Å². The first-order valence-corrected chi connectivity index (χ1v) is 6.84. The molecular formula is C14H28N2. The van der Waals surface area contributed by atoms with Crippen molar-refractivity contribution < 1.29 is 0 Å². The van der Waals surface area contributed by atoms with Gasteiger partial charge in [0.25, 0.3) is 0 Å². The third-order valence-corrected chi connectivity index (χ3v) is 3.76. The first-order chi connectivity index (χ1) is 7.76. The molecule has 1 aliphatic heterocycles. The second-order valence-corrected chi connectivity index (χ2v) is 5.09. The van der Waals surface area contributed by atoms with Crippen LogP contribution < -0.4 is 5.73 Å². The number of nitrogens with two attached hydrogens (primary N) is 1. The van der Waals surface area contributed by atoms with Crippen LogP contribution in [0, 0.1) is 5.92 Å². The molecule has 94 valence electrons. The first kappa shape index (κ1) is 13.7. The minimum Gasteiger partial charge on any atom is -0.330 e. The van der Waals surface area contributed by atoms with E-state index in [1.54, 1.807) is 5.57 Å². The Morgan fingerprint density at radius 3 is 2.81 bits per heavy atom. The van der Waals surface area contributed by atoms with Gasteiger partial charge in [0.15, 0.2) is 0 Å². The molecule has 0 saturated carbocycles. The molecule has 0 aromatic carbocycles. The molecule has 0 amide bonds. The zero-order valence-electron chi connectivity index (χ0n) is 11.0. The van der Waals surface area contributed by atoms with Crippen molar-refractivity contribution in [1.29, 1.82) is 0 Å². The zero-order valence-corrected chi connectivity index (χ0v) is 11.0. The maximum atomic E-state index is 5.62. The molecular weight excluding hydrogens is 196 g/mol. The van der Waals surface area contributed by atoms with E-state index in [4.69, 9.17) is 5.73 Å². The van der Waals surface area contributed by atoms with Crippen LogP contribution in [0.2, 0.25) is 0 Å². The van der Waals surface area contributed by atoms with Crippen LogP contribution in [0.5, 0.6) is 0 Å². The molecule has 1 rings (SSSR count). The minimum atomic E-state index is 0.851. The molecule has 2 nitrogen and oxygen atoms in total. The van der Waals surface area contributed by atoms with Gasteiger partial charge >= 0.3 is 0 Å². The summed E-state index contributed by atoms with van der Waals surface area (Å²) in [6, 6.07) is 0. The number of rotatable bonds is 7. The second kappa shape index (κ2) is 7.86. The summed E-state index contributed by atoms with van der Waals surface area (Å²) in [6.45, 7) is 9.07. The fourth-order valence-corrected chi connectivity index (χ4v) is 2.41. The van der Waals surface area contributed by atoms with Gasteiger partial charge in [0.05, 0.1) is 0 Å². The Balaban J connectivity index is 2.10. The van der Waals surface area contributed by atoms with Crippen molar-refractivity contribution in [3.8, 4) is 0 Å². The lowest BCUT2D eigenvalue weighted by atomic mass is 9.96. The molecule has 2 N–H and O–H groups in total. The van der Waals surface area contributed by atoms with Gasteiger partial charge < -0.3 is 5.73 Å². The van der Waals surface area contributed by atoms with Crippen LogP contribution in [0.15, 0.2) is 11.6 Å². The Morgan fingerprint density at radius 1 is 1.44 bits per heavy atom. The monoisotopic (exact) mass is 224 g/mol. The molecule has 1 heterocycles. The van der Waals surface area contributed by atoms with E-state index in [0.717, 1.165) is 12.5 Å². The first-order valence-electron chi connectivity index (χ1n) is 6.84. The Labute approximate surface area is 101 Å². The van der Waals surface area contributed by atoms with Crippen LogP contribution >= 0.6 is 0 Å². The highest BCUT2D eigenvalue weighted by Crippen LogP contribution is 2.16. The molecule has 0 saturated heterocycles. The van der Waals surface area contributed by atoms with E-state index >= 15 is 0 Å². The van der Waals surface area contributed by atoms with Gasteiger partial charge in [0.2, 0.25) is 0 Å². The molecule has 16 heavy (non-hydrogen) atoms. The van der Waals surface area contributed by atoms with E-state index in [9.17, 15) is 0 Å². The quantitative estimate of drug-likeness (QED) is 0.674. The average molecular weight is 224 g/mol. The molecule has 0 aromatic rings. The summed E-state index contributed by atoms with van der Waals surface area (Å²) < 4.78 is 0. The maximum absolute atomic E-state index is 5.62. The van der Waals surface area contributed by atoms with Crippen LogP contribution in [-0.2, 0) is 0 Å². The van der Waals surface area contributed by atoms with Gasteiger partial charge in [0, 0.05) is 13.1 Å². The van der Waals surface area contributed by atoms with Crippen molar-refractivity contribution in [3.05, 3.63) is 11.6 Å². The molecule has 1 aliphatic rings. The summed E-state index contributed by atoms with van der Waals surface area (Å²) in [5.74, 6) is 0.854. The summed E-state index contributed by atoms with van der Waals surface area (Å²) in [6.07, 6.45) is 8.82. The van der Waals surface area contributed by atoms with Crippen LogP contribution in [0.4, 0.5) is 0 Å². The molecule has 0 aliphatic carbocycles. The lowest BCUT2D eigenvalue weighted by molar-refractivity contribution is 0.275. The van der Waals surface area contributed by atoms with Crippen LogP contribution in [0.1, 0.15) is 46.0 Å². The SMILES string of the molecule is CCC(CCN)CCCN1CC=C(C)CC1. The molecule has 0 spiro atoms. The van der Waals surface area contributed by atoms with Crippen molar-refractivity contribution in [1.82, 2.24) is 4.90 Å². The van der Waals surface area contributed by atoms with E-state index in [2.05, 4.69) is 24.8 Å². The summed E-state index contributed by atoms with van der Waals surface area (Å²) in [5, 5.41) is 0. The topological polar surface area (TPSA) is 29.3 Å². The lowest BCUT2D eigenvalue weighted by Crippen LogP contribution is -2.29. The van der Waals surface area contributed by atoms with Gasteiger partial charge in [0.1, 0.15) is 0 Å². The summed E-state index contributed by atoms with van der Waals surface area (Å²) in [5.41, 5.74) is 7.18. The Kier molecular flexibility index (Phi) is 6.74.